The van der Waals surface area contributed by atoms with Crippen molar-refractivity contribution in [3.63, 3.8) is 0 Å². The van der Waals surface area contributed by atoms with Crippen LogP contribution < -0.4 is 4.74 Å². The molecule has 1 heterocycles. The molecular formula is C21H18Cl2N2O6. The van der Waals surface area contributed by atoms with Crippen LogP contribution >= 0.6 is 23.2 Å². The molecule has 31 heavy (non-hydrogen) atoms. The van der Waals surface area contributed by atoms with Crippen molar-refractivity contribution >= 4 is 35.1 Å². The summed E-state index contributed by atoms with van der Waals surface area (Å²) >= 11 is 12.3. The van der Waals surface area contributed by atoms with E-state index in [0.717, 1.165) is 5.56 Å². The molecule has 2 aromatic carbocycles. The largest absolute Gasteiger partial charge is 0.490 e. The lowest BCUT2D eigenvalue weighted by Crippen LogP contribution is -2.45. The smallest absolute Gasteiger partial charge is 0.419 e. The SMILES string of the molecule is Cc1ccc(OCC(O)(c2ccc(Cl)cc2Cl)C(OC(=O)C(=O)O)n2ccnc2)cc1. The van der Waals surface area contributed by atoms with E-state index in [0.29, 0.717) is 10.8 Å². The van der Waals surface area contributed by atoms with Gasteiger partial charge in [0.05, 0.1) is 6.33 Å². The maximum Gasteiger partial charge on any atom is 0.419 e. The molecule has 162 valence electrons. The van der Waals surface area contributed by atoms with Crippen LogP contribution in [0.2, 0.25) is 10.0 Å². The molecule has 3 rings (SSSR count). The molecule has 0 saturated heterocycles. The Balaban J connectivity index is 2.08. The molecule has 0 spiro atoms. The predicted molar refractivity (Wildman–Crippen MR) is 112 cm³/mol. The van der Waals surface area contributed by atoms with Gasteiger partial charge in [0.25, 0.3) is 0 Å². The van der Waals surface area contributed by atoms with Crippen LogP contribution in [0.5, 0.6) is 5.75 Å². The zero-order chi connectivity index (χ0) is 22.6. The number of rotatable bonds is 7. The first-order valence-electron chi connectivity index (χ1n) is 8.99. The maximum atomic E-state index is 11.9. The van der Waals surface area contributed by atoms with Crippen molar-refractivity contribution in [1.82, 2.24) is 9.55 Å². The summed E-state index contributed by atoms with van der Waals surface area (Å²) < 4.78 is 12.1. The molecule has 10 heteroatoms. The number of halogens is 2. The first-order chi connectivity index (χ1) is 14.7. The van der Waals surface area contributed by atoms with Crippen LogP contribution in [0.25, 0.3) is 0 Å². The minimum Gasteiger partial charge on any atom is -0.490 e. The molecule has 0 radical (unpaired) electrons. The van der Waals surface area contributed by atoms with Crippen molar-refractivity contribution < 1.29 is 29.3 Å². The third kappa shape index (κ3) is 5.16. The lowest BCUT2D eigenvalue weighted by molar-refractivity contribution is -0.194. The summed E-state index contributed by atoms with van der Waals surface area (Å²) in [4.78, 5) is 26.9. The topological polar surface area (TPSA) is 111 Å². The van der Waals surface area contributed by atoms with E-state index in [-0.39, 0.29) is 10.6 Å². The minimum absolute atomic E-state index is 0.0685. The molecule has 0 fully saturated rings. The molecular weight excluding hydrogens is 447 g/mol. The molecule has 3 aromatic rings. The number of imidazole rings is 1. The number of aromatic nitrogens is 2. The molecule has 1 aromatic heterocycles. The van der Waals surface area contributed by atoms with Crippen LogP contribution in [0.1, 0.15) is 17.4 Å². The zero-order valence-corrected chi connectivity index (χ0v) is 17.7. The van der Waals surface area contributed by atoms with Gasteiger partial charge in [-0.15, -0.1) is 0 Å². The number of carboxylic acid groups (broad SMARTS) is 1. The number of ether oxygens (including phenoxy) is 2. The van der Waals surface area contributed by atoms with Crippen LogP contribution in [-0.4, -0.2) is 38.3 Å². The van der Waals surface area contributed by atoms with Gasteiger partial charge in [-0.25, -0.2) is 14.6 Å². The number of carbonyl (C=O) groups is 2. The van der Waals surface area contributed by atoms with E-state index >= 15 is 0 Å². The number of aryl methyl sites for hydroxylation is 1. The van der Waals surface area contributed by atoms with Gasteiger partial charge in [-0.05, 0) is 31.2 Å². The van der Waals surface area contributed by atoms with Crippen LogP contribution in [0.3, 0.4) is 0 Å². The van der Waals surface area contributed by atoms with Crippen molar-refractivity contribution in [2.24, 2.45) is 0 Å². The first kappa shape index (κ1) is 22.6. The summed E-state index contributed by atoms with van der Waals surface area (Å²) in [5.41, 5.74) is -0.990. The van der Waals surface area contributed by atoms with E-state index in [1.54, 1.807) is 12.1 Å². The van der Waals surface area contributed by atoms with E-state index in [2.05, 4.69) is 4.98 Å². The summed E-state index contributed by atoms with van der Waals surface area (Å²) in [5, 5.41) is 21.2. The molecule has 0 saturated carbocycles. The highest BCUT2D eigenvalue weighted by molar-refractivity contribution is 6.35. The fraction of sp³-hybridized carbons (Fsp3) is 0.190. The predicted octanol–water partition coefficient (Wildman–Crippen LogP) is 3.59. The molecule has 2 unspecified atom stereocenters. The maximum absolute atomic E-state index is 11.9. The molecule has 2 N–H and O–H groups in total. The highest BCUT2D eigenvalue weighted by atomic mass is 35.5. The summed E-state index contributed by atoms with van der Waals surface area (Å²) in [6.45, 7) is 1.47. The second kappa shape index (κ2) is 9.38. The molecule has 0 bridgehead atoms. The number of esters is 1. The Kier molecular flexibility index (Phi) is 6.84. The van der Waals surface area contributed by atoms with Gasteiger partial charge in [-0.2, -0.15) is 0 Å². The average molecular weight is 465 g/mol. The van der Waals surface area contributed by atoms with E-state index in [4.69, 9.17) is 37.8 Å². The van der Waals surface area contributed by atoms with E-state index in [9.17, 15) is 14.7 Å². The summed E-state index contributed by atoms with van der Waals surface area (Å²) in [6, 6.07) is 11.4. The third-order valence-corrected chi connectivity index (χ3v) is 5.02. The van der Waals surface area contributed by atoms with Gasteiger partial charge in [0, 0.05) is 28.0 Å². The van der Waals surface area contributed by atoms with Crippen molar-refractivity contribution in [1.29, 1.82) is 0 Å². The van der Waals surface area contributed by atoms with Crippen LogP contribution in [0.15, 0.2) is 61.2 Å². The normalized spacial score (nSPS) is 13.8. The Morgan fingerprint density at radius 3 is 2.48 bits per heavy atom. The molecule has 0 aliphatic carbocycles. The lowest BCUT2D eigenvalue weighted by atomic mass is 9.92. The molecule has 8 nitrogen and oxygen atoms in total. The third-order valence-electron chi connectivity index (χ3n) is 4.47. The number of nitrogens with zero attached hydrogens (tertiary/aromatic N) is 2. The minimum atomic E-state index is -2.11. The number of aliphatic hydroxyl groups is 1. The molecule has 2 atom stereocenters. The van der Waals surface area contributed by atoms with Crippen LogP contribution in [0.4, 0.5) is 0 Å². The number of carbonyl (C=O) groups excluding carboxylic acids is 1. The van der Waals surface area contributed by atoms with Crippen molar-refractivity contribution in [3.8, 4) is 5.75 Å². The summed E-state index contributed by atoms with van der Waals surface area (Å²) in [7, 11) is 0. The van der Waals surface area contributed by atoms with Gasteiger partial charge in [-0.3, -0.25) is 4.57 Å². The van der Waals surface area contributed by atoms with Crippen molar-refractivity contribution in [2.45, 2.75) is 18.8 Å². The number of aliphatic carboxylic acids is 1. The Hall–Kier alpha value is -3.07. The fourth-order valence-corrected chi connectivity index (χ4v) is 3.49. The fourth-order valence-electron chi connectivity index (χ4n) is 2.92. The Morgan fingerprint density at radius 2 is 1.90 bits per heavy atom. The van der Waals surface area contributed by atoms with Crippen molar-refractivity contribution in [2.75, 3.05) is 6.61 Å². The molecule has 0 aliphatic rings. The molecule has 0 amide bonds. The van der Waals surface area contributed by atoms with Gasteiger partial charge in [0.15, 0.2) is 5.60 Å². The Labute approximate surface area is 187 Å². The Bertz CT molecular complexity index is 1070. The number of benzene rings is 2. The number of hydrogen-bond donors (Lipinski definition) is 2. The van der Waals surface area contributed by atoms with Gasteiger partial charge < -0.3 is 19.7 Å². The van der Waals surface area contributed by atoms with Gasteiger partial charge in [0.2, 0.25) is 6.23 Å². The quantitative estimate of drug-likeness (QED) is 0.405. The van der Waals surface area contributed by atoms with E-state index in [1.165, 1.54) is 41.5 Å². The lowest BCUT2D eigenvalue weighted by Gasteiger charge is -2.36. The summed E-state index contributed by atoms with van der Waals surface area (Å²) in [5.74, 6) is -2.96. The van der Waals surface area contributed by atoms with Gasteiger partial charge in [-0.1, -0.05) is 47.0 Å². The standard InChI is InChI=1S/C21H18Cl2N2O6/c1-13-2-5-15(6-3-13)30-11-21(29,16-7-4-14(22)10-17(16)23)20(25-9-8-24-12-25)31-19(28)18(26)27/h2-10,12,20,29H,11H2,1H3,(H,26,27). The summed E-state index contributed by atoms with van der Waals surface area (Å²) in [6.07, 6.45) is 2.48. The highest BCUT2D eigenvalue weighted by Crippen LogP contribution is 2.40. The number of carboxylic acids is 1. The average Bonchev–Trinajstić information content (AvgIpc) is 3.25. The Morgan fingerprint density at radius 1 is 1.19 bits per heavy atom. The van der Waals surface area contributed by atoms with E-state index in [1.807, 2.05) is 19.1 Å². The van der Waals surface area contributed by atoms with Crippen LogP contribution in [-0.2, 0) is 19.9 Å². The van der Waals surface area contributed by atoms with Gasteiger partial charge in [0.1, 0.15) is 12.4 Å². The second-order valence-corrected chi connectivity index (χ2v) is 7.57. The van der Waals surface area contributed by atoms with Crippen molar-refractivity contribution in [3.05, 3.63) is 82.4 Å². The molecule has 0 aliphatic heterocycles. The van der Waals surface area contributed by atoms with E-state index < -0.39 is 30.4 Å². The zero-order valence-electron chi connectivity index (χ0n) is 16.2. The van der Waals surface area contributed by atoms with Crippen LogP contribution in [0, 0.1) is 6.92 Å². The highest BCUT2D eigenvalue weighted by Gasteiger charge is 2.46. The number of hydrogen-bond acceptors (Lipinski definition) is 6. The second-order valence-electron chi connectivity index (χ2n) is 6.72. The monoisotopic (exact) mass is 464 g/mol. The first-order valence-corrected chi connectivity index (χ1v) is 9.75. The van der Waals surface area contributed by atoms with Gasteiger partial charge >= 0.3 is 11.9 Å².